The van der Waals surface area contributed by atoms with Crippen LogP contribution in [0.25, 0.3) is 0 Å². The molecule has 0 bridgehead atoms. The molecule has 1 N–H and O–H groups in total. The molecule has 0 saturated heterocycles. The average Bonchev–Trinajstić information content (AvgIpc) is 2.72. The van der Waals surface area contributed by atoms with Crippen LogP contribution in [0.2, 0.25) is 0 Å². The second-order valence-electron chi connectivity index (χ2n) is 8.33. The van der Waals surface area contributed by atoms with Crippen LogP contribution in [0.15, 0.2) is 89.8 Å². The molecule has 0 saturated carbocycles. The van der Waals surface area contributed by atoms with Crippen molar-refractivity contribution in [1.29, 1.82) is 0 Å². The van der Waals surface area contributed by atoms with Gasteiger partial charge in [0, 0.05) is 12.5 Å². The van der Waals surface area contributed by atoms with E-state index in [2.05, 4.69) is 49.8 Å². The number of nitrogens with one attached hydrogen (secondary N) is 1. The molecule has 4 heteroatoms. The van der Waals surface area contributed by atoms with Crippen molar-refractivity contribution in [3.05, 3.63) is 102 Å². The molecule has 0 fully saturated rings. The largest absolute Gasteiger partial charge is 0.240 e. The summed E-state index contributed by atoms with van der Waals surface area (Å²) in [7, 11) is -3.53. The molecule has 29 heavy (non-hydrogen) atoms. The van der Waals surface area contributed by atoms with Gasteiger partial charge in [0.05, 0.1) is 4.90 Å². The molecular weight excluding hydrogens is 378 g/mol. The summed E-state index contributed by atoms with van der Waals surface area (Å²) in [6.07, 6.45) is 0.688. The number of hydrogen-bond donors (Lipinski definition) is 1. The van der Waals surface area contributed by atoms with Crippen molar-refractivity contribution in [3.63, 3.8) is 0 Å². The molecule has 0 spiro atoms. The van der Waals surface area contributed by atoms with Gasteiger partial charge in [-0.05, 0) is 40.7 Å². The molecule has 3 rings (SSSR count). The fraction of sp³-hybridized carbons (Fsp3) is 0.280. The molecule has 0 atom stereocenters. The maximum Gasteiger partial charge on any atom is 0.240 e. The van der Waals surface area contributed by atoms with E-state index in [4.69, 9.17) is 0 Å². The first-order chi connectivity index (χ1) is 13.8. The van der Waals surface area contributed by atoms with E-state index >= 15 is 0 Å². The van der Waals surface area contributed by atoms with Gasteiger partial charge in [0.2, 0.25) is 10.0 Å². The van der Waals surface area contributed by atoms with Crippen LogP contribution in [0.5, 0.6) is 0 Å². The second kappa shape index (κ2) is 8.93. The average molecular weight is 408 g/mol. The SMILES string of the molecule is CC(C)(C)c1ccc(S(=O)(=O)NCCC(c2ccccc2)c2ccccc2)cc1. The quantitative estimate of drug-likeness (QED) is 0.563. The molecule has 0 heterocycles. The Morgan fingerprint density at radius 3 is 1.69 bits per heavy atom. The lowest BCUT2D eigenvalue weighted by atomic mass is 9.87. The van der Waals surface area contributed by atoms with Gasteiger partial charge in [-0.15, -0.1) is 0 Å². The Morgan fingerprint density at radius 1 is 0.759 bits per heavy atom. The number of sulfonamides is 1. The van der Waals surface area contributed by atoms with Crippen LogP contribution in [0.3, 0.4) is 0 Å². The zero-order valence-electron chi connectivity index (χ0n) is 17.3. The Morgan fingerprint density at radius 2 is 1.24 bits per heavy atom. The van der Waals surface area contributed by atoms with Crippen LogP contribution >= 0.6 is 0 Å². The van der Waals surface area contributed by atoms with Gasteiger partial charge in [-0.3, -0.25) is 0 Å². The summed E-state index contributed by atoms with van der Waals surface area (Å²) < 4.78 is 28.2. The molecule has 0 aromatic heterocycles. The van der Waals surface area contributed by atoms with E-state index in [1.165, 1.54) is 11.1 Å². The molecule has 0 aliphatic carbocycles. The zero-order chi connectivity index (χ0) is 20.9. The second-order valence-corrected chi connectivity index (χ2v) is 10.1. The first kappa shape index (κ1) is 21.3. The van der Waals surface area contributed by atoms with E-state index < -0.39 is 10.0 Å². The van der Waals surface area contributed by atoms with E-state index in [1.807, 2.05) is 48.5 Å². The first-order valence-corrected chi connectivity index (χ1v) is 11.5. The fourth-order valence-electron chi connectivity index (χ4n) is 3.45. The van der Waals surface area contributed by atoms with E-state index in [9.17, 15) is 8.42 Å². The van der Waals surface area contributed by atoms with Crippen molar-refractivity contribution >= 4 is 10.0 Å². The smallest absolute Gasteiger partial charge is 0.211 e. The molecule has 0 aliphatic heterocycles. The predicted octanol–water partition coefficient (Wildman–Crippen LogP) is 5.48. The van der Waals surface area contributed by atoms with Gasteiger partial charge in [-0.2, -0.15) is 0 Å². The third-order valence-corrected chi connectivity index (χ3v) is 6.64. The van der Waals surface area contributed by atoms with Gasteiger partial charge >= 0.3 is 0 Å². The van der Waals surface area contributed by atoms with Gasteiger partial charge in [-0.25, -0.2) is 13.1 Å². The van der Waals surface area contributed by atoms with Gasteiger partial charge in [-0.1, -0.05) is 93.6 Å². The lowest BCUT2D eigenvalue weighted by molar-refractivity contribution is 0.573. The standard InChI is InChI=1S/C25H29NO2S/c1-25(2,3)22-14-16-23(17-15-22)29(27,28)26-19-18-24(20-10-6-4-7-11-20)21-12-8-5-9-13-21/h4-17,24,26H,18-19H2,1-3H3. The Balaban J connectivity index is 1.72. The number of rotatable bonds is 7. The van der Waals surface area contributed by atoms with Gasteiger partial charge in [0.1, 0.15) is 0 Å². The highest BCUT2D eigenvalue weighted by Gasteiger charge is 2.19. The lowest BCUT2D eigenvalue weighted by Gasteiger charge is -2.20. The zero-order valence-corrected chi connectivity index (χ0v) is 18.1. The molecule has 0 aliphatic rings. The van der Waals surface area contributed by atoms with Crippen LogP contribution in [0.1, 0.15) is 49.8 Å². The Labute approximate surface area is 174 Å². The Hall–Kier alpha value is -2.43. The maximum atomic E-state index is 12.7. The van der Waals surface area contributed by atoms with Crippen LogP contribution in [0, 0.1) is 0 Å². The minimum Gasteiger partial charge on any atom is -0.211 e. The number of benzene rings is 3. The van der Waals surface area contributed by atoms with Crippen molar-refractivity contribution in [2.45, 2.75) is 43.4 Å². The summed E-state index contributed by atoms with van der Waals surface area (Å²) >= 11 is 0. The van der Waals surface area contributed by atoms with Crippen molar-refractivity contribution in [2.75, 3.05) is 6.54 Å². The van der Waals surface area contributed by atoms with E-state index in [0.29, 0.717) is 17.9 Å². The van der Waals surface area contributed by atoms with Crippen molar-refractivity contribution < 1.29 is 8.42 Å². The highest BCUT2D eigenvalue weighted by molar-refractivity contribution is 7.89. The van der Waals surface area contributed by atoms with E-state index in [-0.39, 0.29) is 11.3 Å². The maximum absolute atomic E-state index is 12.7. The molecule has 0 unspecified atom stereocenters. The molecular formula is C25H29NO2S. The molecule has 0 amide bonds. The highest BCUT2D eigenvalue weighted by atomic mass is 32.2. The van der Waals surface area contributed by atoms with Crippen molar-refractivity contribution in [2.24, 2.45) is 0 Å². The lowest BCUT2D eigenvalue weighted by Crippen LogP contribution is -2.26. The summed E-state index contributed by atoms with van der Waals surface area (Å²) in [6.45, 7) is 6.71. The summed E-state index contributed by atoms with van der Waals surface area (Å²) in [4.78, 5) is 0.307. The summed E-state index contributed by atoms with van der Waals surface area (Å²) in [5.74, 6) is 0.142. The van der Waals surface area contributed by atoms with Crippen molar-refractivity contribution in [3.8, 4) is 0 Å². The third kappa shape index (κ3) is 5.55. The van der Waals surface area contributed by atoms with Crippen LogP contribution < -0.4 is 4.72 Å². The van der Waals surface area contributed by atoms with Crippen LogP contribution in [-0.4, -0.2) is 15.0 Å². The summed E-state index contributed by atoms with van der Waals surface area (Å²) in [5.41, 5.74) is 3.48. The number of hydrogen-bond acceptors (Lipinski definition) is 2. The van der Waals surface area contributed by atoms with Gasteiger partial charge in [0.25, 0.3) is 0 Å². The predicted molar refractivity (Wildman–Crippen MR) is 120 cm³/mol. The summed E-state index contributed by atoms with van der Waals surface area (Å²) in [6, 6.07) is 27.6. The van der Waals surface area contributed by atoms with Gasteiger partial charge < -0.3 is 0 Å². The molecule has 3 nitrogen and oxygen atoms in total. The third-order valence-electron chi connectivity index (χ3n) is 5.16. The molecule has 3 aromatic carbocycles. The molecule has 152 valence electrons. The Kier molecular flexibility index (Phi) is 6.56. The monoisotopic (exact) mass is 407 g/mol. The normalized spacial score (nSPS) is 12.3. The Bertz CT molecular complexity index is 966. The van der Waals surface area contributed by atoms with Crippen LogP contribution in [0.4, 0.5) is 0 Å². The topological polar surface area (TPSA) is 46.2 Å². The minimum absolute atomic E-state index is 0.00565. The first-order valence-electron chi connectivity index (χ1n) is 9.97. The molecule has 3 aromatic rings. The minimum atomic E-state index is -3.53. The van der Waals surface area contributed by atoms with Crippen LogP contribution in [-0.2, 0) is 15.4 Å². The van der Waals surface area contributed by atoms with Crippen molar-refractivity contribution in [1.82, 2.24) is 4.72 Å². The van der Waals surface area contributed by atoms with E-state index in [1.54, 1.807) is 12.1 Å². The van der Waals surface area contributed by atoms with E-state index in [0.717, 1.165) is 5.56 Å². The highest BCUT2D eigenvalue weighted by Crippen LogP contribution is 2.28. The summed E-state index contributed by atoms with van der Waals surface area (Å²) in [5, 5.41) is 0. The fourth-order valence-corrected chi connectivity index (χ4v) is 4.50. The van der Waals surface area contributed by atoms with Gasteiger partial charge in [0.15, 0.2) is 0 Å². The molecule has 0 radical (unpaired) electrons.